The zero-order valence-electron chi connectivity index (χ0n) is 13.3. The largest absolute Gasteiger partial charge is 0.443 e. The van der Waals surface area contributed by atoms with Crippen molar-refractivity contribution in [1.29, 1.82) is 0 Å². The van der Waals surface area contributed by atoms with Crippen LogP contribution in [-0.2, 0) is 4.74 Å². The monoisotopic (exact) mass is 335 g/mol. The van der Waals surface area contributed by atoms with Gasteiger partial charge in [-0.15, -0.1) is 10.2 Å². The van der Waals surface area contributed by atoms with Gasteiger partial charge in [0, 0.05) is 10.6 Å². The van der Waals surface area contributed by atoms with Crippen molar-refractivity contribution < 1.29 is 9.53 Å². The minimum atomic E-state index is -0.625. The summed E-state index contributed by atoms with van der Waals surface area (Å²) in [4.78, 5) is 15.8. The van der Waals surface area contributed by atoms with E-state index in [0.717, 1.165) is 5.56 Å². The maximum Gasteiger partial charge on any atom is 0.426 e. The number of amides is 1. The molecule has 0 aliphatic heterocycles. The van der Waals surface area contributed by atoms with Gasteiger partial charge in [0.25, 0.3) is 5.95 Å². The van der Waals surface area contributed by atoms with Crippen LogP contribution in [0.3, 0.4) is 0 Å². The quantitative estimate of drug-likeness (QED) is 0.836. The van der Waals surface area contributed by atoms with Gasteiger partial charge in [0.15, 0.2) is 0 Å². The van der Waals surface area contributed by atoms with Crippen LogP contribution in [-0.4, -0.2) is 26.9 Å². The number of benzene rings is 1. The van der Waals surface area contributed by atoms with Crippen LogP contribution < -0.4 is 10.9 Å². The van der Waals surface area contributed by atoms with Crippen LogP contribution in [0.4, 0.5) is 10.7 Å². The van der Waals surface area contributed by atoms with Crippen LogP contribution >= 0.6 is 11.6 Å². The molecule has 1 heterocycles. The summed E-state index contributed by atoms with van der Waals surface area (Å²) in [6, 6.07) is 7.22. The second kappa shape index (κ2) is 6.78. The maximum atomic E-state index is 11.6. The number of ether oxygens (including phenoxy) is 1. The molecule has 0 atom stereocenters. The number of carbonyl (C=O) groups excluding carboxylic acids is 1. The van der Waals surface area contributed by atoms with Gasteiger partial charge in [-0.3, -0.25) is 5.43 Å². The number of carbonyl (C=O) groups is 1. The number of aryl methyl sites for hydroxylation is 1. The molecular formula is C15H18ClN5O2. The highest BCUT2D eigenvalue weighted by molar-refractivity contribution is 6.30. The molecule has 122 valence electrons. The molecule has 0 aliphatic carbocycles. The van der Waals surface area contributed by atoms with Crippen molar-refractivity contribution in [1.82, 2.24) is 20.6 Å². The van der Waals surface area contributed by atoms with Crippen LogP contribution in [0.1, 0.15) is 26.5 Å². The number of nitrogens with zero attached hydrogens (tertiary/aromatic N) is 3. The standard InChI is InChI=1S/C15H18ClN5O2/c1-9-12(10-5-7-11(16)8-6-10)18-19-13(17-9)20-21-14(22)23-15(2,3)4/h5-8H,1-4H3,(H,21,22)(H,17,19,20). The first-order valence-electron chi connectivity index (χ1n) is 6.97. The third-order valence-corrected chi connectivity index (χ3v) is 2.91. The number of aromatic nitrogens is 3. The molecule has 8 heteroatoms. The molecular weight excluding hydrogens is 318 g/mol. The number of hydrogen-bond donors (Lipinski definition) is 2. The van der Waals surface area contributed by atoms with Crippen molar-refractivity contribution in [2.24, 2.45) is 0 Å². The van der Waals surface area contributed by atoms with E-state index in [2.05, 4.69) is 26.0 Å². The fourth-order valence-electron chi connectivity index (χ4n) is 1.74. The van der Waals surface area contributed by atoms with Gasteiger partial charge in [-0.2, -0.15) is 0 Å². The second-order valence-corrected chi connectivity index (χ2v) is 6.26. The Morgan fingerprint density at radius 2 is 1.83 bits per heavy atom. The Morgan fingerprint density at radius 1 is 1.17 bits per heavy atom. The predicted octanol–water partition coefficient (Wildman–Crippen LogP) is 3.35. The molecule has 2 aromatic rings. The lowest BCUT2D eigenvalue weighted by atomic mass is 10.1. The van der Waals surface area contributed by atoms with Gasteiger partial charge in [0.2, 0.25) is 0 Å². The predicted molar refractivity (Wildman–Crippen MR) is 88.0 cm³/mol. The van der Waals surface area contributed by atoms with Gasteiger partial charge >= 0.3 is 6.09 Å². The molecule has 2 N–H and O–H groups in total. The molecule has 0 radical (unpaired) electrons. The van der Waals surface area contributed by atoms with Crippen molar-refractivity contribution in [2.75, 3.05) is 5.43 Å². The Bertz CT molecular complexity index is 698. The third kappa shape index (κ3) is 5.07. The average Bonchev–Trinajstić information content (AvgIpc) is 2.45. The molecule has 2 rings (SSSR count). The molecule has 0 saturated heterocycles. The van der Waals surface area contributed by atoms with Crippen LogP contribution in [0.2, 0.25) is 5.02 Å². The lowest BCUT2D eigenvalue weighted by Gasteiger charge is -2.19. The van der Waals surface area contributed by atoms with Crippen LogP contribution in [0.5, 0.6) is 0 Å². The number of hydrogen-bond acceptors (Lipinski definition) is 6. The van der Waals surface area contributed by atoms with Crippen molar-refractivity contribution in [2.45, 2.75) is 33.3 Å². The summed E-state index contributed by atoms with van der Waals surface area (Å²) in [6.45, 7) is 7.12. The second-order valence-electron chi connectivity index (χ2n) is 5.83. The van der Waals surface area contributed by atoms with Gasteiger partial charge in [-0.25, -0.2) is 15.2 Å². The molecule has 7 nitrogen and oxygen atoms in total. The zero-order valence-corrected chi connectivity index (χ0v) is 14.1. The van der Waals surface area contributed by atoms with Gasteiger partial charge in [0.05, 0.1) is 5.69 Å². The third-order valence-electron chi connectivity index (χ3n) is 2.65. The maximum absolute atomic E-state index is 11.6. The molecule has 1 aromatic heterocycles. The lowest BCUT2D eigenvalue weighted by molar-refractivity contribution is 0.0540. The van der Waals surface area contributed by atoms with Crippen LogP contribution in [0.25, 0.3) is 11.3 Å². The van der Waals surface area contributed by atoms with Crippen molar-refractivity contribution in [3.05, 3.63) is 35.0 Å². The van der Waals surface area contributed by atoms with E-state index in [1.807, 2.05) is 12.1 Å². The highest BCUT2D eigenvalue weighted by atomic mass is 35.5. The number of rotatable bonds is 3. The molecule has 0 aliphatic rings. The summed E-state index contributed by atoms with van der Waals surface area (Å²) in [6.07, 6.45) is -0.625. The van der Waals surface area contributed by atoms with E-state index in [9.17, 15) is 4.79 Å². The van der Waals surface area contributed by atoms with Gasteiger partial charge in [0.1, 0.15) is 11.3 Å². The first-order chi connectivity index (χ1) is 10.7. The first kappa shape index (κ1) is 17.0. The molecule has 0 bridgehead atoms. The molecule has 1 amide bonds. The first-order valence-corrected chi connectivity index (χ1v) is 7.35. The van der Waals surface area contributed by atoms with Gasteiger partial charge in [-0.05, 0) is 39.8 Å². The minimum absolute atomic E-state index is 0.172. The summed E-state index contributed by atoms with van der Waals surface area (Å²) in [7, 11) is 0. The molecule has 1 aromatic carbocycles. The number of halogens is 1. The Hall–Kier alpha value is -2.41. The van der Waals surface area contributed by atoms with Gasteiger partial charge in [-0.1, -0.05) is 23.7 Å². The highest BCUT2D eigenvalue weighted by Gasteiger charge is 2.16. The summed E-state index contributed by atoms with van der Waals surface area (Å²) in [5, 5.41) is 8.70. The number of hydrazine groups is 1. The molecule has 0 spiro atoms. The van der Waals surface area contributed by atoms with Crippen LogP contribution in [0.15, 0.2) is 24.3 Å². The zero-order chi connectivity index (χ0) is 17.0. The summed E-state index contributed by atoms with van der Waals surface area (Å²) in [5.74, 6) is 0.172. The van der Waals surface area contributed by atoms with Crippen molar-refractivity contribution >= 4 is 23.6 Å². The van der Waals surface area contributed by atoms with E-state index in [0.29, 0.717) is 16.4 Å². The topological polar surface area (TPSA) is 89.0 Å². The molecule has 0 unspecified atom stereocenters. The van der Waals surface area contributed by atoms with E-state index in [1.165, 1.54) is 0 Å². The van der Waals surface area contributed by atoms with Gasteiger partial charge < -0.3 is 4.74 Å². The normalized spacial score (nSPS) is 11.0. The van der Waals surface area contributed by atoms with E-state index in [4.69, 9.17) is 16.3 Å². The summed E-state index contributed by atoms with van der Waals surface area (Å²) in [5.41, 5.74) is 6.50. The SMILES string of the molecule is Cc1nc(NNC(=O)OC(C)(C)C)nnc1-c1ccc(Cl)cc1. The molecule has 23 heavy (non-hydrogen) atoms. The minimum Gasteiger partial charge on any atom is -0.443 e. The fraction of sp³-hybridized carbons (Fsp3) is 0.333. The van der Waals surface area contributed by atoms with E-state index in [-0.39, 0.29) is 5.95 Å². The van der Waals surface area contributed by atoms with E-state index < -0.39 is 11.7 Å². The van der Waals surface area contributed by atoms with Crippen molar-refractivity contribution in [3.63, 3.8) is 0 Å². The Labute approximate surface area is 139 Å². The average molecular weight is 336 g/mol. The molecule has 0 fully saturated rings. The fourth-order valence-corrected chi connectivity index (χ4v) is 1.87. The smallest absolute Gasteiger partial charge is 0.426 e. The highest BCUT2D eigenvalue weighted by Crippen LogP contribution is 2.21. The van der Waals surface area contributed by atoms with E-state index in [1.54, 1.807) is 39.8 Å². The lowest BCUT2D eigenvalue weighted by Crippen LogP contribution is -2.36. The Kier molecular flexibility index (Phi) is 5.00. The van der Waals surface area contributed by atoms with E-state index >= 15 is 0 Å². The van der Waals surface area contributed by atoms with Crippen molar-refractivity contribution in [3.8, 4) is 11.3 Å². The number of anilines is 1. The molecule has 0 saturated carbocycles. The summed E-state index contributed by atoms with van der Waals surface area (Å²) < 4.78 is 5.09. The Balaban J connectivity index is 2.05. The summed E-state index contributed by atoms with van der Waals surface area (Å²) >= 11 is 5.87. The van der Waals surface area contributed by atoms with Crippen LogP contribution in [0, 0.1) is 6.92 Å². The number of nitrogens with one attached hydrogen (secondary N) is 2. The Morgan fingerprint density at radius 3 is 2.39 bits per heavy atom.